The van der Waals surface area contributed by atoms with E-state index >= 15 is 0 Å². The molecule has 2 aromatic carbocycles. The van der Waals surface area contributed by atoms with Crippen LogP contribution in [-0.4, -0.2) is 38.1 Å². The number of hydrogen-bond donors (Lipinski definition) is 1. The van der Waals surface area contributed by atoms with Gasteiger partial charge in [-0.25, -0.2) is 0 Å². The van der Waals surface area contributed by atoms with E-state index in [2.05, 4.69) is 10.2 Å². The highest BCUT2D eigenvalue weighted by atomic mass is 35.5. The normalized spacial score (nSPS) is 16.9. The van der Waals surface area contributed by atoms with Crippen molar-refractivity contribution in [3.05, 3.63) is 58.6 Å². The Labute approximate surface area is 165 Å². The van der Waals surface area contributed by atoms with Crippen molar-refractivity contribution in [1.82, 2.24) is 10.2 Å². The number of nitrogens with one attached hydrogen (secondary N) is 1. The van der Waals surface area contributed by atoms with Crippen LogP contribution >= 0.6 is 11.6 Å². The highest BCUT2D eigenvalue weighted by Gasteiger charge is 2.29. The van der Waals surface area contributed by atoms with Gasteiger partial charge in [-0.1, -0.05) is 35.9 Å². The SMILES string of the molecule is COc1ccc([C@H]2CCCN2CC(=O)NCc2ccccc2Cl)c(OC)c1. The molecule has 0 bridgehead atoms. The van der Waals surface area contributed by atoms with Crippen LogP contribution in [0.3, 0.4) is 0 Å². The van der Waals surface area contributed by atoms with Crippen molar-refractivity contribution in [3.63, 3.8) is 0 Å². The maximum atomic E-state index is 12.5. The minimum absolute atomic E-state index is 0.00528. The highest BCUT2D eigenvalue weighted by Crippen LogP contribution is 2.38. The third-order valence-corrected chi connectivity index (χ3v) is 5.31. The van der Waals surface area contributed by atoms with E-state index in [-0.39, 0.29) is 11.9 Å². The van der Waals surface area contributed by atoms with E-state index in [1.165, 1.54) is 0 Å². The number of halogens is 1. The second-order valence-corrected chi connectivity index (χ2v) is 7.01. The molecular weight excluding hydrogens is 364 g/mol. The lowest BCUT2D eigenvalue weighted by atomic mass is 10.0. The Hall–Kier alpha value is -2.24. The first-order chi connectivity index (χ1) is 13.1. The first-order valence-corrected chi connectivity index (χ1v) is 9.46. The number of hydrogen-bond acceptors (Lipinski definition) is 4. The summed E-state index contributed by atoms with van der Waals surface area (Å²) in [5.74, 6) is 1.55. The minimum Gasteiger partial charge on any atom is -0.497 e. The molecular formula is C21H25ClN2O3. The summed E-state index contributed by atoms with van der Waals surface area (Å²) < 4.78 is 10.8. The van der Waals surface area contributed by atoms with Crippen molar-refractivity contribution >= 4 is 17.5 Å². The van der Waals surface area contributed by atoms with Crippen LogP contribution in [0, 0.1) is 0 Å². The van der Waals surface area contributed by atoms with Crippen LogP contribution in [0.2, 0.25) is 5.02 Å². The van der Waals surface area contributed by atoms with Crippen LogP contribution in [-0.2, 0) is 11.3 Å². The fraction of sp³-hybridized carbons (Fsp3) is 0.381. The maximum absolute atomic E-state index is 12.5. The standard InChI is InChI=1S/C21H25ClN2O3/c1-26-16-9-10-17(20(12-16)27-2)19-8-5-11-24(19)14-21(25)23-13-15-6-3-4-7-18(15)22/h3-4,6-7,9-10,12,19H,5,8,11,13-14H2,1-2H3,(H,23,25)/t19-/m1/s1. The molecule has 0 unspecified atom stereocenters. The molecule has 144 valence electrons. The number of carbonyl (C=O) groups excluding carboxylic acids is 1. The number of methoxy groups -OCH3 is 2. The highest BCUT2D eigenvalue weighted by molar-refractivity contribution is 6.31. The van der Waals surface area contributed by atoms with Crippen molar-refractivity contribution in [2.75, 3.05) is 27.3 Å². The van der Waals surface area contributed by atoms with Crippen LogP contribution in [0.1, 0.15) is 30.0 Å². The molecule has 1 saturated heterocycles. The Balaban J connectivity index is 1.64. The second kappa shape index (κ2) is 9.11. The van der Waals surface area contributed by atoms with E-state index < -0.39 is 0 Å². The topological polar surface area (TPSA) is 50.8 Å². The van der Waals surface area contributed by atoms with Gasteiger partial charge in [-0.2, -0.15) is 0 Å². The van der Waals surface area contributed by atoms with Gasteiger partial charge in [0.15, 0.2) is 0 Å². The molecule has 1 N–H and O–H groups in total. The van der Waals surface area contributed by atoms with Gasteiger partial charge < -0.3 is 14.8 Å². The lowest BCUT2D eigenvalue weighted by Crippen LogP contribution is -2.36. The number of ether oxygens (including phenoxy) is 2. The summed E-state index contributed by atoms with van der Waals surface area (Å²) >= 11 is 6.15. The second-order valence-electron chi connectivity index (χ2n) is 6.60. The van der Waals surface area contributed by atoms with Crippen molar-refractivity contribution in [3.8, 4) is 11.5 Å². The summed E-state index contributed by atoms with van der Waals surface area (Å²) in [7, 11) is 3.30. The van der Waals surface area contributed by atoms with Crippen LogP contribution < -0.4 is 14.8 Å². The van der Waals surface area contributed by atoms with Gasteiger partial charge in [-0.15, -0.1) is 0 Å². The Kier molecular flexibility index (Phi) is 6.58. The summed E-state index contributed by atoms with van der Waals surface area (Å²) in [6, 6.07) is 13.6. The van der Waals surface area contributed by atoms with Gasteiger partial charge in [0, 0.05) is 29.2 Å². The van der Waals surface area contributed by atoms with E-state index in [4.69, 9.17) is 21.1 Å². The molecule has 1 fully saturated rings. The third kappa shape index (κ3) is 4.73. The Morgan fingerprint density at radius 2 is 2.04 bits per heavy atom. The number of likely N-dealkylation sites (tertiary alicyclic amines) is 1. The zero-order valence-electron chi connectivity index (χ0n) is 15.7. The molecule has 5 nitrogen and oxygen atoms in total. The molecule has 0 aromatic heterocycles. The van der Waals surface area contributed by atoms with Crippen molar-refractivity contribution < 1.29 is 14.3 Å². The Bertz CT molecular complexity index is 797. The van der Waals surface area contributed by atoms with Crippen LogP contribution in [0.5, 0.6) is 11.5 Å². The lowest BCUT2D eigenvalue weighted by molar-refractivity contribution is -0.122. The van der Waals surface area contributed by atoms with E-state index in [1.54, 1.807) is 14.2 Å². The molecule has 0 spiro atoms. The van der Waals surface area contributed by atoms with E-state index in [1.807, 2.05) is 42.5 Å². The summed E-state index contributed by atoms with van der Waals surface area (Å²) in [5, 5.41) is 3.64. The fourth-order valence-corrected chi connectivity index (χ4v) is 3.74. The van der Waals surface area contributed by atoms with Gasteiger partial charge in [-0.05, 0) is 37.1 Å². The van der Waals surface area contributed by atoms with Crippen molar-refractivity contribution in [2.24, 2.45) is 0 Å². The number of rotatable bonds is 7. The summed E-state index contributed by atoms with van der Waals surface area (Å²) in [6.45, 7) is 1.67. The fourth-order valence-electron chi connectivity index (χ4n) is 3.54. The summed E-state index contributed by atoms with van der Waals surface area (Å²) in [5.41, 5.74) is 2.01. The number of nitrogens with zero attached hydrogens (tertiary/aromatic N) is 1. The molecule has 27 heavy (non-hydrogen) atoms. The zero-order chi connectivity index (χ0) is 19.2. The maximum Gasteiger partial charge on any atom is 0.234 e. The quantitative estimate of drug-likeness (QED) is 0.783. The molecule has 1 atom stereocenters. The lowest BCUT2D eigenvalue weighted by Gasteiger charge is -2.26. The van der Waals surface area contributed by atoms with Gasteiger partial charge >= 0.3 is 0 Å². The van der Waals surface area contributed by atoms with Gasteiger partial charge in [-0.3, -0.25) is 9.69 Å². The first kappa shape index (κ1) is 19.5. The molecule has 3 rings (SSSR count). The smallest absolute Gasteiger partial charge is 0.234 e. The molecule has 0 radical (unpaired) electrons. The average molecular weight is 389 g/mol. The van der Waals surface area contributed by atoms with E-state index in [0.717, 1.165) is 42.0 Å². The van der Waals surface area contributed by atoms with Gasteiger partial charge in [0.05, 0.1) is 20.8 Å². The van der Waals surface area contributed by atoms with E-state index in [9.17, 15) is 4.79 Å². The van der Waals surface area contributed by atoms with Crippen molar-refractivity contribution in [1.29, 1.82) is 0 Å². The predicted molar refractivity (Wildman–Crippen MR) is 106 cm³/mol. The van der Waals surface area contributed by atoms with Crippen LogP contribution in [0.25, 0.3) is 0 Å². The average Bonchev–Trinajstić information content (AvgIpc) is 3.14. The molecule has 0 saturated carbocycles. The number of benzene rings is 2. The summed E-state index contributed by atoms with van der Waals surface area (Å²) in [6.07, 6.45) is 2.05. The molecule has 1 heterocycles. The zero-order valence-corrected chi connectivity index (χ0v) is 16.5. The third-order valence-electron chi connectivity index (χ3n) is 4.94. The monoisotopic (exact) mass is 388 g/mol. The molecule has 0 aliphatic carbocycles. The van der Waals surface area contributed by atoms with Gasteiger partial charge in [0.2, 0.25) is 5.91 Å². The minimum atomic E-state index is -0.00528. The molecule has 1 amide bonds. The van der Waals surface area contributed by atoms with Crippen LogP contribution in [0.4, 0.5) is 0 Å². The summed E-state index contributed by atoms with van der Waals surface area (Å²) in [4.78, 5) is 14.7. The van der Waals surface area contributed by atoms with Gasteiger partial charge in [0.25, 0.3) is 0 Å². The van der Waals surface area contributed by atoms with Crippen LogP contribution in [0.15, 0.2) is 42.5 Å². The molecule has 2 aromatic rings. The number of carbonyl (C=O) groups is 1. The van der Waals surface area contributed by atoms with E-state index in [0.29, 0.717) is 18.1 Å². The molecule has 6 heteroatoms. The largest absolute Gasteiger partial charge is 0.497 e. The Morgan fingerprint density at radius 3 is 2.78 bits per heavy atom. The molecule has 1 aliphatic rings. The predicted octanol–water partition coefficient (Wildman–Crippen LogP) is 3.81. The molecule has 1 aliphatic heterocycles. The van der Waals surface area contributed by atoms with Crippen molar-refractivity contribution in [2.45, 2.75) is 25.4 Å². The number of amides is 1. The Morgan fingerprint density at radius 1 is 1.22 bits per heavy atom. The van der Waals surface area contributed by atoms with Gasteiger partial charge in [0.1, 0.15) is 11.5 Å². The first-order valence-electron chi connectivity index (χ1n) is 9.08.